The van der Waals surface area contributed by atoms with Gasteiger partial charge >= 0.3 is 0 Å². The van der Waals surface area contributed by atoms with Gasteiger partial charge in [0.25, 0.3) is 5.91 Å². The number of halogens is 1. The highest BCUT2D eigenvalue weighted by molar-refractivity contribution is 6.30. The maximum atomic E-state index is 12.7. The molecule has 2 atom stereocenters. The topological polar surface area (TPSA) is 75.1 Å². The van der Waals surface area contributed by atoms with Gasteiger partial charge in [-0.15, -0.1) is 0 Å². The van der Waals surface area contributed by atoms with Crippen molar-refractivity contribution in [3.63, 3.8) is 0 Å². The van der Waals surface area contributed by atoms with Crippen LogP contribution in [-0.2, 0) is 6.42 Å². The van der Waals surface area contributed by atoms with E-state index in [1.807, 2.05) is 11.1 Å². The number of fused-ring (bicyclic) bond motifs is 3. The van der Waals surface area contributed by atoms with Crippen LogP contribution in [0.2, 0.25) is 5.02 Å². The SMILES string of the molecule is O=C(c1ncc(Cl)cn1)N1CC2Cc3cnc(N4CCCC4)nc3C2C1. The van der Waals surface area contributed by atoms with Crippen molar-refractivity contribution in [1.29, 1.82) is 0 Å². The number of anilines is 1. The van der Waals surface area contributed by atoms with Crippen LogP contribution in [0.4, 0.5) is 5.95 Å². The minimum Gasteiger partial charge on any atom is -0.341 e. The number of rotatable bonds is 2. The van der Waals surface area contributed by atoms with E-state index in [2.05, 4.69) is 19.9 Å². The lowest BCUT2D eigenvalue weighted by atomic mass is 9.99. The molecule has 2 aromatic rings. The van der Waals surface area contributed by atoms with Crippen molar-refractivity contribution in [2.24, 2.45) is 5.92 Å². The molecule has 0 spiro atoms. The number of likely N-dealkylation sites (tertiary alicyclic amines) is 1. The van der Waals surface area contributed by atoms with Gasteiger partial charge in [-0.3, -0.25) is 4.79 Å². The van der Waals surface area contributed by atoms with Crippen molar-refractivity contribution in [2.45, 2.75) is 25.2 Å². The Bertz CT molecular complexity index is 851. The van der Waals surface area contributed by atoms with Gasteiger partial charge in [-0.05, 0) is 30.7 Å². The van der Waals surface area contributed by atoms with Crippen LogP contribution in [-0.4, -0.2) is 56.9 Å². The van der Waals surface area contributed by atoms with Crippen LogP contribution in [0.15, 0.2) is 18.6 Å². The highest BCUT2D eigenvalue weighted by Gasteiger charge is 2.43. The van der Waals surface area contributed by atoms with E-state index < -0.39 is 0 Å². The molecule has 0 saturated carbocycles. The fraction of sp³-hybridized carbons (Fsp3) is 0.500. The number of carbonyl (C=O) groups is 1. The summed E-state index contributed by atoms with van der Waals surface area (Å²) in [5, 5.41) is 0.430. The van der Waals surface area contributed by atoms with E-state index >= 15 is 0 Å². The zero-order chi connectivity index (χ0) is 17.7. The predicted molar refractivity (Wildman–Crippen MR) is 96.4 cm³/mol. The minimum absolute atomic E-state index is 0.133. The molecule has 2 saturated heterocycles. The third-order valence-electron chi connectivity index (χ3n) is 5.65. The first-order chi connectivity index (χ1) is 12.7. The predicted octanol–water partition coefficient (Wildman–Crippen LogP) is 1.93. The van der Waals surface area contributed by atoms with Crippen LogP contribution >= 0.6 is 11.6 Å². The Hall–Kier alpha value is -2.28. The lowest BCUT2D eigenvalue weighted by molar-refractivity contribution is 0.0773. The fourth-order valence-corrected chi connectivity index (χ4v) is 4.46. The van der Waals surface area contributed by atoms with Gasteiger partial charge in [0.05, 0.1) is 10.7 Å². The Labute approximate surface area is 156 Å². The van der Waals surface area contributed by atoms with Crippen LogP contribution in [0.3, 0.4) is 0 Å². The summed E-state index contributed by atoms with van der Waals surface area (Å²) in [6, 6.07) is 0. The molecule has 0 radical (unpaired) electrons. The molecule has 2 aromatic heterocycles. The van der Waals surface area contributed by atoms with Gasteiger partial charge < -0.3 is 9.80 Å². The summed E-state index contributed by atoms with van der Waals surface area (Å²) in [5.74, 6) is 1.60. The van der Waals surface area contributed by atoms with Gasteiger partial charge in [-0.25, -0.2) is 19.9 Å². The van der Waals surface area contributed by atoms with Crippen LogP contribution in [0.1, 0.15) is 40.6 Å². The highest BCUT2D eigenvalue weighted by Crippen LogP contribution is 2.42. The number of carbonyl (C=O) groups excluding carboxylic acids is 1. The number of hydrogen-bond donors (Lipinski definition) is 0. The first-order valence-corrected chi connectivity index (χ1v) is 9.44. The quantitative estimate of drug-likeness (QED) is 0.804. The van der Waals surface area contributed by atoms with Crippen molar-refractivity contribution >= 4 is 23.5 Å². The zero-order valence-electron chi connectivity index (χ0n) is 14.3. The van der Waals surface area contributed by atoms with Gasteiger partial charge in [0.15, 0.2) is 0 Å². The molecule has 2 aliphatic heterocycles. The van der Waals surface area contributed by atoms with Gasteiger partial charge in [0.2, 0.25) is 11.8 Å². The first-order valence-electron chi connectivity index (χ1n) is 9.06. The van der Waals surface area contributed by atoms with E-state index in [0.717, 1.165) is 31.2 Å². The second-order valence-corrected chi connectivity index (χ2v) is 7.72. The normalized spacial score (nSPS) is 24.0. The van der Waals surface area contributed by atoms with E-state index in [9.17, 15) is 4.79 Å². The van der Waals surface area contributed by atoms with Crippen molar-refractivity contribution in [3.8, 4) is 0 Å². The third kappa shape index (κ3) is 2.61. The molecule has 1 aliphatic carbocycles. The molecule has 8 heteroatoms. The lowest BCUT2D eigenvalue weighted by Crippen LogP contribution is -2.31. The van der Waals surface area contributed by atoms with Crippen LogP contribution in [0.25, 0.3) is 0 Å². The van der Waals surface area contributed by atoms with Crippen molar-refractivity contribution < 1.29 is 4.79 Å². The molecule has 0 aromatic carbocycles. The molecule has 134 valence electrons. The Morgan fingerprint density at radius 2 is 1.85 bits per heavy atom. The van der Waals surface area contributed by atoms with Crippen molar-refractivity contribution in [1.82, 2.24) is 24.8 Å². The molecule has 0 bridgehead atoms. The van der Waals surface area contributed by atoms with E-state index in [4.69, 9.17) is 16.6 Å². The summed E-state index contributed by atoms with van der Waals surface area (Å²) in [6.45, 7) is 3.45. The first kappa shape index (κ1) is 15.9. The van der Waals surface area contributed by atoms with Crippen molar-refractivity contribution in [2.75, 3.05) is 31.1 Å². The van der Waals surface area contributed by atoms with Crippen molar-refractivity contribution in [3.05, 3.63) is 40.7 Å². The van der Waals surface area contributed by atoms with E-state index in [-0.39, 0.29) is 17.6 Å². The molecule has 4 heterocycles. The van der Waals surface area contributed by atoms with E-state index in [1.54, 1.807) is 0 Å². The second-order valence-electron chi connectivity index (χ2n) is 7.28. The van der Waals surface area contributed by atoms with Gasteiger partial charge in [0.1, 0.15) is 0 Å². The standard InChI is InChI=1S/C18H19ClN6O/c19-13-7-20-16(21-8-13)17(26)25-9-12-5-11-6-22-18(24-3-1-2-4-24)23-15(11)14(12)10-25/h6-8,12,14H,1-5,9-10H2. The summed E-state index contributed by atoms with van der Waals surface area (Å²) in [4.78, 5) is 34.4. The highest BCUT2D eigenvalue weighted by atomic mass is 35.5. The molecule has 26 heavy (non-hydrogen) atoms. The number of nitrogens with zero attached hydrogens (tertiary/aromatic N) is 6. The monoisotopic (exact) mass is 370 g/mol. The summed E-state index contributed by atoms with van der Waals surface area (Å²) in [7, 11) is 0. The Kier molecular flexibility index (Phi) is 3.77. The van der Waals surface area contributed by atoms with Crippen LogP contribution < -0.4 is 4.90 Å². The molecule has 2 unspecified atom stereocenters. The summed E-state index contributed by atoms with van der Waals surface area (Å²) in [6.07, 6.45) is 8.26. The van der Waals surface area contributed by atoms with Gasteiger partial charge in [0, 0.05) is 50.7 Å². The molecule has 2 fully saturated rings. The van der Waals surface area contributed by atoms with Crippen LogP contribution in [0, 0.1) is 5.92 Å². The number of aromatic nitrogens is 4. The maximum Gasteiger partial charge on any atom is 0.291 e. The maximum absolute atomic E-state index is 12.7. The molecular weight excluding hydrogens is 352 g/mol. The molecule has 5 rings (SSSR count). The van der Waals surface area contributed by atoms with E-state index in [0.29, 0.717) is 24.0 Å². The second kappa shape index (κ2) is 6.16. The number of hydrogen-bond acceptors (Lipinski definition) is 6. The Balaban J connectivity index is 1.37. The lowest BCUT2D eigenvalue weighted by Gasteiger charge is -2.18. The largest absolute Gasteiger partial charge is 0.341 e. The summed E-state index contributed by atoms with van der Waals surface area (Å²) >= 11 is 5.81. The fourth-order valence-electron chi connectivity index (χ4n) is 4.36. The molecular formula is C18H19ClN6O. The Morgan fingerprint density at radius 1 is 1.08 bits per heavy atom. The summed E-state index contributed by atoms with van der Waals surface area (Å²) in [5.41, 5.74) is 2.36. The van der Waals surface area contributed by atoms with E-state index in [1.165, 1.54) is 30.8 Å². The van der Waals surface area contributed by atoms with Gasteiger partial charge in [-0.2, -0.15) is 0 Å². The molecule has 1 amide bonds. The zero-order valence-corrected chi connectivity index (χ0v) is 15.1. The summed E-state index contributed by atoms with van der Waals surface area (Å²) < 4.78 is 0. The molecule has 0 N–H and O–H groups in total. The molecule has 3 aliphatic rings. The minimum atomic E-state index is -0.133. The smallest absolute Gasteiger partial charge is 0.291 e. The Morgan fingerprint density at radius 3 is 2.62 bits per heavy atom. The average molecular weight is 371 g/mol. The average Bonchev–Trinajstić information content (AvgIpc) is 3.37. The molecule has 7 nitrogen and oxygen atoms in total. The third-order valence-corrected chi connectivity index (χ3v) is 5.84. The number of amides is 1. The van der Waals surface area contributed by atoms with Crippen LogP contribution in [0.5, 0.6) is 0 Å². The van der Waals surface area contributed by atoms with Gasteiger partial charge in [-0.1, -0.05) is 11.6 Å².